The summed E-state index contributed by atoms with van der Waals surface area (Å²) in [7, 11) is 0. The summed E-state index contributed by atoms with van der Waals surface area (Å²) in [5.74, 6) is 0.123. The molecular weight excluding hydrogens is 448 g/mol. The number of aryl methyl sites for hydroxylation is 1. The van der Waals surface area contributed by atoms with Gasteiger partial charge in [0.1, 0.15) is 17.4 Å². The molecule has 25 heavy (non-hydrogen) atoms. The number of amides is 1. The van der Waals surface area contributed by atoms with Gasteiger partial charge >= 0.3 is 0 Å². The number of rotatable bonds is 5. The smallest absolute Gasteiger partial charge is 0.266 e. The van der Waals surface area contributed by atoms with Crippen molar-refractivity contribution in [2.24, 2.45) is 0 Å². The summed E-state index contributed by atoms with van der Waals surface area (Å²) in [6.45, 7) is 4.24. The lowest BCUT2D eigenvalue weighted by molar-refractivity contribution is -0.112. The SMILES string of the molecule is CCOc1c(Br)cc(Br)cc1/C=C(\C#N)C(=O)Nc1ccccc1C. The molecule has 0 aliphatic rings. The molecule has 0 radical (unpaired) electrons. The summed E-state index contributed by atoms with van der Waals surface area (Å²) in [6, 6.07) is 13.0. The van der Waals surface area contributed by atoms with E-state index in [-0.39, 0.29) is 5.57 Å². The van der Waals surface area contributed by atoms with Crippen molar-refractivity contribution in [2.75, 3.05) is 11.9 Å². The van der Waals surface area contributed by atoms with E-state index in [1.807, 2.05) is 44.2 Å². The molecule has 0 fully saturated rings. The van der Waals surface area contributed by atoms with Crippen LogP contribution in [0.1, 0.15) is 18.1 Å². The summed E-state index contributed by atoms with van der Waals surface area (Å²) in [5, 5.41) is 12.2. The van der Waals surface area contributed by atoms with Gasteiger partial charge in [-0.25, -0.2) is 0 Å². The van der Waals surface area contributed by atoms with Gasteiger partial charge < -0.3 is 10.1 Å². The Bertz CT molecular complexity index is 870. The van der Waals surface area contributed by atoms with Gasteiger partial charge in [-0.1, -0.05) is 34.1 Å². The van der Waals surface area contributed by atoms with Crippen molar-refractivity contribution in [3.63, 3.8) is 0 Å². The molecule has 0 aromatic heterocycles. The second-order valence-corrected chi connectivity index (χ2v) is 6.95. The topological polar surface area (TPSA) is 62.1 Å². The first-order chi connectivity index (χ1) is 12.0. The Kier molecular flexibility index (Phi) is 6.80. The number of hydrogen-bond acceptors (Lipinski definition) is 3. The Morgan fingerprint density at radius 3 is 2.68 bits per heavy atom. The number of halogens is 2. The largest absolute Gasteiger partial charge is 0.492 e. The normalized spacial score (nSPS) is 10.9. The number of ether oxygens (including phenoxy) is 1. The van der Waals surface area contributed by atoms with E-state index in [2.05, 4.69) is 37.2 Å². The van der Waals surface area contributed by atoms with Crippen LogP contribution < -0.4 is 10.1 Å². The fraction of sp³-hybridized carbons (Fsp3) is 0.158. The zero-order valence-corrected chi connectivity index (χ0v) is 16.9. The minimum absolute atomic E-state index is 0.00536. The molecule has 128 valence electrons. The maximum Gasteiger partial charge on any atom is 0.266 e. The summed E-state index contributed by atoms with van der Waals surface area (Å²) in [6.07, 6.45) is 1.52. The fourth-order valence-electron chi connectivity index (χ4n) is 2.19. The Morgan fingerprint density at radius 1 is 1.32 bits per heavy atom. The molecule has 2 aromatic carbocycles. The van der Waals surface area contributed by atoms with Crippen molar-refractivity contribution < 1.29 is 9.53 Å². The van der Waals surface area contributed by atoms with Crippen molar-refractivity contribution in [1.29, 1.82) is 5.26 Å². The van der Waals surface area contributed by atoms with Crippen LogP contribution in [0.25, 0.3) is 6.08 Å². The molecule has 0 saturated heterocycles. The molecule has 0 aliphatic carbocycles. The lowest BCUT2D eigenvalue weighted by atomic mass is 10.1. The highest BCUT2D eigenvalue weighted by atomic mass is 79.9. The highest BCUT2D eigenvalue weighted by Crippen LogP contribution is 2.34. The Labute approximate surface area is 163 Å². The molecule has 6 heteroatoms. The first-order valence-corrected chi connectivity index (χ1v) is 9.15. The minimum Gasteiger partial charge on any atom is -0.492 e. The highest BCUT2D eigenvalue weighted by Gasteiger charge is 2.14. The van der Waals surface area contributed by atoms with Gasteiger partial charge in [0, 0.05) is 15.7 Å². The van der Waals surface area contributed by atoms with Crippen LogP contribution in [-0.2, 0) is 4.79 Å². The minimum atomic E-state index is -0.463. The molecule has 0 atom stereocenters. The quantitative estimate of drug-likeness (QED) is 0.472. The van der Waals surface area contributed by atoms with Crippen LogP contribution in [0.15, 0.2) is 50.9 Å². The van der Waals surface area contributed by atoms with Crippen LogP contribution in [0.4, 0.5) is 5.69 Å². The molecule has 2 rings (SSSR count). The average molecular weight is 464 g/mol. The van der Waals surface area contributed by atoms with Gasteiger partial charge in [-0.05, 0) is 59.6 Å². The number of carbonyl (C=O) groups excluding carboxylic acids is 1. The molecular formula is C19H16Br2N2O2. The van der Waals surface area contributed by atoms with Gasteiger partial charge in [0.15, 0.2) is 0 Å². The van der Waals surface area contributed by atoms with Crippen molar-refractivity contribution in [3.05, 3.63) is 62.0 Å². The van der Waals surface area contributed by atoms with Crippen molar-refractivity contribution >= 4 is 49.5 Å². The molecule has 1 amide bonds. The highest BCUT2D eigenvalue weighted by molar-refractivity contribution is 9.11. The second-order valence-electron chi connectivity index (χ2n) is 5.18. The third-order valence-corrected chi connectivity index (χ3v) is 4.43. The lowest BCUT2D eigenvalue weighted by Crippen LogP contribution is -2.14. The third kappa shape index (κ3) is 4.94. The zero-order chi connectivity index (χ0) is 18.4. The average Bonchev–Trinajstić information content (AvgIpc) is 2.57. The molecule has 2 aromatic rings. The van der Waals surface area contributed by atoms with E-state index < -0.39 is 5.91 Å². The monoisotopic (exact) mass is 462 g/mol. The van der Waals surface area contributed by atoms with E-state index in [0.717, 1.165) is 14.5 Å². The molecule has 0 spiro atoms. The van der Waals surface area contributed by atoms with Gasteiger partial charge in [-0.3, -0.25) is 4.79 Å². The van der Waals surface area contributed by atoms with Gasteiger partial charge in [-0.15, -0.1) is 0 Å². The number of para-hydroxylation sites is 1. The number of nitriles is 1. The van der Waals surface area contributed by atoms with Crippen LogP contribution >= 0.6 is 31.9 Å². The van der Waals surface area contributed by atoms with E-state index in [0.29, 0.717) is 23.6 Å². The molecule has 0 unspecified atom stereocenters. The van der Waals surface area contributed by atoms with Crippen molar-refractivity contribution in [2.45, 2.75) is 13.8 Å². The number of carbonyl (C=O) groups is 1. The molecule has 1 N–H and O–H groups in total. The van der Waals surface area contributed by atoms with Gasteiger partial charge in [-0.2, -0.15) is 5.26 Å². The van der Waals surface area contributed by atoms with Gasteiger partial charge in [0.25, 0.3) is 5.91 Å². The summed E-state index contributed by atoms with van der Waals surface area (Å²) in [4.78, 5) is 12.5. The van der Waals surface area contributed by atoms with Crippen LogP contribution in [0.3, 0.4) is 0 Å². The van der Waals surface area contributed by atoms with E-state index in [1.54, 1.807) is 12.1 Å². The Balaban J connectivity index is 2.39. The Morgan fingerprint density at radius 2 is 2.04 bits per heavy atom. The summed E-state index contributed by atoms with van der Waals surface area (Å²) in [5.41, 5.74) is 2.23. The number of nitrogens with one attached hydrogen (secondary N) is 1. The van der Waals surface area contributed by atoms with Crippen LogP contribution in [-0.4, -0.2) is 12.5 Å². The predicted molar refractivity (Wildman–Crippen MR) is 106 cm³/mol. The fourth-order valence-corrected chi connectivity index (χ4v) is 3.56. The predicted octanol–water partition coefficient (Wildman–Crippen LogP) is 5.46. The second kappa shape index (κ2) is 8.84. The van der Waals surface area contributed by atoms with E-state index in [1.165, 1.54) is 6.08 Å². The maximum atomic E-state index is 12.5. The first-order valence-electron chi connectivity index (χ1n) is 7.57. The molecule has 0 bridgehead atoms. The summed E-state index contributed by atoms with van der Waals surface area (Å²) < 4.78 is 7.18. The number of hydrogen-bond donors (Lipinski definition) is 1. The number of anilines is 1. The van der Waals surface area contributed by atoms with Crippen molar-refractivity contribution in [1.82, 2.24) is 0 Å². The maximum absolute atomic E-state index is 12.5. The molecule has 0 saturated carbocycles. The molecule has 0 heterocycles. The van der Waals surface area contributed by atoms with Gasteiger partial charge in [0.05, 0.1) is 11.1 Å². The number of nitrogens with zero attached hydrogens (tertiary/aromatic N) is 1. The standard InChI is InChI=1S/C19H16Br2N2O2/c1-3-25-18-13(9-15(20)10-16(18)21)8-14(11-22)19(24)23-17-7-5-4-6-12(17)2/h4-10H,3H2,1-2H3,(H,23,24)/b14-8+. The van der Waals surface area contributed by atoms with E-state index in [9.17, 15) is 10.1 Å². The van der Waals surface area contributed by atoms with E-state index >= 15 is 0 Å². The lowest BCUT2D eigenvalue weighted by Gasteiger charge is -2.11. The third-order valence-electron chi connectivity index (χ3n) is 3.38. The van der Waals surface area contributed by atoms with Crippen LogP contribution in [0.2, 0.25) is 0 Å². The summed E-state index contributed by atoms with van der Waals surface area (Å²) >= 11 is 6.86. The van der Waals surface area contributed by atoms with Crippen LogP contribution in [0.5, 0.6) is 5.75 Å². The van der Waals surface area contributed by atoms with Gasteiger partial charge in [0.2, 0.25) is 0 Å². The molecule has 0 aliphatic heterocycles. The Hall–Kier alpha value is -2.10. The van der Waals surface area contributed by atoms with Crippen molar-refractivity contribution in [3.8, 4) is 11.8 Å². The molecule has 4 nitrogen and oxygen atoms in total. The first kappa shape index (κ1) is 19.2. The van der Waals surface area contributed by atoms with E-state index in [4.69, 9.17) is 4.74 Å². The van der Waals surface area contributed by atoms with Crippen LogP contribution in [0, 0.1) is 18.3 Å². The zero-order valence-electron chi connectivity index (χ0n) is 13.8. The number of benzene rings is 2.